The average molecular weight is 251 g/mol. The molecular formula is C13H18FN3O. The summed E-state index contributed by atoms with van der Waals surface area (Å²) in [5, 5.41) is 0. The van der Waals surface area contributed by atoms with Crippen molar-refractivity contribution in [1.29, 1.82) is 0 Å². The van der Waals surface area contributed by atoms with E-state index in [9.17, 15) is 4.39 Å². The van der Waals surface area contributed by atoms with Crippen LogP contribution >= 0.6 is 0 Å². The minimum Gasteiger partial charge on any atom is -0.463 e. The standard InChI is InChI=1S/C13H18FN3O/c1-2-17(12-6-4-3-5-11(12)14)8-7-10-9-18-13(15)16-10/h3-6,10H,2,7-9H2,1H3,(H2,15,16). The largest absolute Gasteiger partial charge is 0.463 e. The summed E-state index contributed by atoms with van der Waals surface area (Å²) in [6.45, 7) is 4.03. The highest BCUT2D eigenvalue weighted by Gasteiger charge is 2.18. The molecule has 0 spiro atoms. The average Bonchev–Trinajstić information content (AvgIpc) is 2.78. The molecule has 1 atom stereocenters. The van der Waals surface area contributed by atoms with Gasteiger partial charge in [-0.1, -0.05) is 12.1 Å². The number of halogens is 1. The molecule has 1 aliphatic rings. The van der Waals surface area contributed by atoms with Crippen molar-refractivity contribution < 1.29 is 9.13 Å². The lowest BCUT2D eigenvalue weighted by Crippen LogP contribution is -2.27. The summed E-state index contributed by atoms with van der Waals surface area (Å²) >= 11 is 0. The van der Waals surface area contributed by atoms with Gasteiger partial charge in [-0.3, -0.25) is 0 Å². The van der Waals surface area contributed by atoms with Gasteiger partial charge in [-0.2, -0.15) is 0 Å². The smallest absolute Gasteiger partial charge is 0.282 e. The molecule has 0 saturated heterocycles. The van der Waals surface area contributed by atoms with Crippen LogP contribution in [-0.2, 0) is 4.74 Å². The Morgan fingerprint density at radius 2 is 2.28 bits per heavy atom. The summed E-state index contributed by atoms with van der Waals surface area (Å²) in [5.41, 5.74) is 6.09. The van der Waals surface area contributed by atoms with E-state index in [1.54, 1.807) is 12.1 Å². The SMILES string of the molecule is CCN(CCC1COC(N)=N1)c1ccccc1F. The van der Waals surface area contributed by atoms with Gasteiger partial charge in [-0.25, -0.2) is 9.38 Å². The maximum absolute atomic E-state index is 13.7. The summed E-state index contributed by atoms with van der Waals surface area (Å²) in [6, 6.07) is 7.16. The maximum atomic E-state index is 13.7. The summed E-state index contributed by atoms with van der Waals surface area (Å²) in [7, 11) is 0. The molecule has 1 aromatic carbocycles. The second-order valence-electron chi connectivity index (χ2n) is 4.25. The summed E-state index contributed by atoms with van der Waals surface area (Å²) in [6.07, 6.45) is 0.808. The van der Waals surface area contributed by atoms with E-state index < -0.39 is 0 Å². The number of benzene rings is 1. The third-order valence-corrected chi connectivity index (χ3v) is 3.04. The van der Waals surface area contributed by atoms with Crippen LogP contribution in [0.15, 0.2) is 29.3 Å². The van der Waals surface area contributed by atoms with Crippen molar-refractivity contribution in [2.75, 3.05) is 24.6 Å². The van der Waals surface area contributed by atoms with Gasteiger partial charge in [0, 0.05) is 13.1 Å². The van der Waals surface area contributed by atoms with Crippen LogP contribution in [0.1, 0.15) is 13.3 Å². The Bertz CT molecular complexity index is 436. The summed E-state index contributed by atoms with van der Waals surface area (Å²) in [5.74, 6) is -0.190. The molecule has 1 aliphatic heterocycles. The predicted octanol–water partition coefficient (Wildman–Crippen LogP) is 1.76. The van der Waals surface area contributed by atoms with Gasteiger partial charge in [0.05, 0.1) is 11.7 Å². The van der Waals surface area contributed by atoms with Crippen LogP contribution in [0.25, 0.3) is 0 Å². The second kappa shape index (κ2) is 5.71. The minimum atomic E-state index is -0.190. The normalized spacial score (nSPS) is 18.3. The Kier molecular flexibility index (Phi) is 4.02. The first-order valence-corrected chi connectivity index (χ1v) is 6.16. The molecule has 1 heterocycles. The third-order valence-electron chi connectivity index (χ3n) is 3.04. The fourth-order valence-electron chi connectivity index (χ4n) is 2.05. The van der Waals surface area contributed by atoms with Gasteiger partial charge < -0.3 is 15.4 Å². The first-order chi connectivity index (χ1) is 8.70. The number of rotatable bonds is 5. The van der Waals surface area contributed by atoms with Crippen LogP contribution in [0, 0.1) is 5.82 Å². The molecule has 98 valence electrons. The van der Waals surface area contributed by atoms with E-state index in [4.69, 9.17) is 10.5 Å². The fourth-order valence-corrected chi connectivity index (χ4v) is 2.05. The topological polar surface area (TPSA) is 50.9 Å². The van der Waals surface area contributed by atoms with Crippen molar-refractivity contribution in [2.24, 2.45) is 10.7 Å². The first kappa shape index (κ1) is 12.7. The highest BCUT2D eigenvalue weighted by atomic mass is 19.1. The number of hydrogen-bond acceptors (Lipinski definition) is 4. The minimum absolute atomic E-state index is 0.0887. The Hall–Kier alpha value is -1.78. The molecule has 1 aromatic rings. The number of amidine groups is 1. The summed E-state index contributed by atoms with van der Waals surface area (Å²) in [4.78, 5) is 6.16. The van der Waals surface area contributed by atoms with E-state index in [2.05, 4.69) is 4.99 Å². The van der Waals surface area contributed by atoms with Gasteiger partial charge in [-0.15, -0.1) is 0 Å². The molecule has 0 saturated carbocycles. The fraction of sp³-hybridized carbons (Fsp3) is 0.462. The zero-order valence-corrected chi connectivity index (χ0v) is 10.5. The molecule has 0 fully saturated rings. The van der Waals surface area contributed by atoms with Crippen molar-refractivity contribution in [1.82, 2.24) is 0 Å². The second-order valence-corrected chi connectivity index (χ2v) is 4.25. The zero-order chi connectivity index (χ0) is 13.0. The van der Waals surface area contributed by atoms with Crippen LogP contribution < -0.4 is 10.6 Å². The third kappa shape index (κ3) is 2.91. The van der Waals surface area contributed by atoms with Crippen LogP contribution in [0.2, 0.25) is 0 Å². The van der Waals surface area contributed by atoms with Gasteiger partial charge in [0.1, 0.15) is 12.4 Å². The molecule has 4 nitrogen and oxygen atoms in total. The van der Waals surface area contributed by atoms with Gasteiger partial charge in [0.2, 0.25) is 0 Å². The first-order valence-electron chi connectivity index (χ1n) is 6.16. The molecule has 5 heteroatoms. The van der Waals surface area contributed by atoms with Crippen LogP contribution in [0.4, 0.5) is 10.1 Å². The number of anilines is 1. The van der Waals surface area contributed by atoms with Gasteiger partial charge >= 0.3 is 0 Å². The lowest BCUT2D eigenvalue weighted by molar-refractivity contribution is 0.308. The quantitative estimate of drug-likeness (QED) is 0.867. The molecule has 2 N–H and O–H groups in total. The van der Waals surface area contributed by atoms with E-state index in [1.807, 2.05) is 17.9 Å². The van der Waals surface area contributed by atoms with Gasteiger partial charge in [0.25, 0.3) is 6.02 Å². The van der Waals surface area contributed by atoms with Crippen molar-refractivity contribution in [3.05, 3.63) is 30.1 Å². The van der Waals surface area contributed by atoms with Crippen LogP contribution in [-0.4, -0.2) is 31.8 Å². The Morgan fingerprint density at radius 3 is 2.89 bits per heavy atom. The van der Waals surface area contributed by atoms with Crippen molar-refractivity contribution in [2.45, 2.75) is 19.4 Å². The van der Waals surface area contributed by atoms with Gasteiger partial charge in [-0.05, 0) is 25.5 Å². The zero-order valence-electron chi connectivity index (χ0n) is 10.5. The number of nitrogens with two attached hydrogens (primary N) is 1. The van der Waals surface area contributed by atoms with E-state index in [-0.39, 0.29) is 17.9 Å². The Labute approximate surface area is 106 Å². The van der Waals surface area contributed by atoms with E-state index in [0.717, 1.165) is 19.5 Å². The lowest BCUT2D eigenvalue weighted by Gasteiger charge is -2.24. The number of aliphatic imine (C=N–C) groups is 1. The van der Waals surface area contributed by atoms with Crippen molar-refractivity contribution >= 4 is 11.7 Å². The highest BCUT2D eigenvalue weighted by Crippen LogP contribution is 2.19. The Morgan fingerprint density at radius 1 is 1.50 bits per heavy atom. The maximum Gasteiger partial charge on any atom is 0.282 e. The molecule has 1 unspecified atom stereocenters. The molecule has 2 rings (SSSR count). The molecule has 18 heavy (non-hydrogen) atoms. The lowest BCUT2D eigenvalue weighted by atomic mass is 10.2. The van der Waals surface area contributed by atoms with Gasteiger partial charge in [0.15, 0.2) is 0 Å². The predicted molar refractivity (Wildman–Crippen MR) is 70.3 cm³/mol. The number of ether oxygens (including phenoxy) is 1. The number of para-hydroxylation sites is 1. The number of hydrogen-bond donors (Lipinski definition) is 1. The van der Waals surface area contributed by atoms with E-state index in [1.165, 1.54) is 6.07 Å². The molecule has 0 bridgehead atoms. The molecule has 0 aromatic heterocycles. The molecule has 0 amide bonds. The monoisotopic (exact) mass is 251 g/mol. The van der Waals surface area contributed by atoms with Crippen LogP contribution in [0.3, 0.4) is 0 Å². The molecular weight excluding hydrogens is 233 g/mol. The van der Waals surface area contributed by atoms with Crippen molar-refractivity contribution in [3.63, 3.8) is 0 Å². The van der Waals surface area contributed by atoms with E-state index >= 15 is 0 Å². The molecule has 0 aliphatic carbocycles. The number of nitrogens with zero attached hydrogens (tertiary/aromatic N) is 2. The summed E-state index contributed by atoms with van der Waals surface area (Å²) < 4.78 is 18.8. The van der Waals surface area contributed by atoms with Crippen molar-refractivity contribution in [3.8, 4) is 0 Å². The molecule has 0 radical (unpaired) electrons. The van der Waals surface area contributed by atoms with E-state index in [0.29, 0.717) is 12.3 Å². The highest BCUT2D eigenvalue weighted by molar-refractivity contribution is 5.73. The Balaban J connectivity index is 1.96. The van der Waals surface area contributed by atoms with Crippen LogP contribution in [0.5, 0.6) is 0 Å².